The average Bonchev–Trinajstić information content (AvgIpc) is 2.13. The van der Waals surface area contributed by atoms with Gasteiger partial charge in [0.2, 0.25) is 0 Å². The van der Waals surface area contributed by atoms with Gasteiger partial charge in [-0.25, -0.2) is 0 Å². The van der Waals surface area contributed by atoms with E-state index in [1.807, 2.05) is 6.92 Å². The molecule has 0 spiro atoms. The van der Waals surface area contributed by atoms with Gasteiger partial charge in [0.15, 0.2) is 0 Å². The lowest BCUT2D eigenvalue weighted by Crippen LogP contribution is -2.49. The number of rotatable bonds is 1. The van der Waals surface area contributed by atoms with Gasteiger partial charge in [-0.1, -0.05) is 5.92 Å². The fourth-order valence-electron chi connectivity index (χ4n) is 1.52. The first-order valence-electron chi connectivity index (χ1n) is 4.67. The van der Waals surface area contributed by atoms with Crippen LogP contribution in [0.15, 0.2) is 0 Å². The van der Waals surface area contributed by atoms with E-state index in [0.29, 0.717) is 6.04 Å². The quantitative estimate of drug-likeness (QED) is 0.584. The van der Waals surface area contributed by atoms with Crippen molar-refractivity contribution in [3.05, 3.63) is 0 Å². The van der Waals surface area contributed by atoms with Gasteiger partial charge < -0.3 is 0 Å². The molecule has 1 aliphatic heterocycles. The summed E-state index contributed by atoms with van der Waals surface area (Å²) in [6.45, 7) is 7.80. The minimum absolute atomic E-state index is 0.285. The molecule has 13 heavy (non-hydrogen) atoms. The van der Waals surface area contributed by atoms with E-state index in [9.17, 15) is 4.21 Å². The van der Waals surface area contributed by atoms with Crippen LogP contribution in [0, 0.1) is 11.8 Å². The van der Waals surface area contributed by atoms with E-state index in [1.54, 1.807) is 0 Å². The zero-order valence-corrected chi connectivity index (χ0v) is 9.36. The van der Waals surface area contributed by atoms with Crippen LogP contribution in [0.2, 0.25) is 0 Å². The third-order valence-corrected chi connectivity index (χ3v) is 4.52. The van der Waals surface area contributed by atoms with E-state index in [4.69, 9.17) is 0 Å². The van der Waals surface area contributed by atoms with E-state index < -0.39 is 10.8 Å². The summed E-state index contributed by atoms with van der Waals surface area (Å²) in [5, 5.41) is 0.285. The fraction of sp³-hybridized carbons (Fsp3) is 0.800. The highest BCUT2D eigenvalue weighted by molar-refractivity contribution is 7.85. The maximum Gasteiger partial charge on any atom is 0.0604 e. The van der Waals surface area contributed by atoms with E-state index in [2.05, 4.69) is 30.6 Å². The summed E-state index contributed by atoms with van der Waals surface area (Å²) in [6, 6.07) is 0.399. The Labute approximate surface area is 83.2 Å². The van der Waals surface area contributed by atoms with Crippen molar-refractivity contribution in [2.45, 2.75) is 32.1 Å². The Morgan fingerprint density at radius 2 is 2.23 bits per heavy atom. The van der Waals surface area contributed by atoms with E-state index in [-0.39, 0.29) is 5.25 Å². The van der Waals surface area contributed by atoms with Crippen molar-refractivity contribution in [1.29, 1.82) is 0 Å². The van der Waals surface area contributed by atoms with E-state index in [0.717, 1.165) is 18.8 Å². The first-order chi connectivity index (χ1) is 6.16. The van der Waals surface area contributed by atoms with Crippen LogP contribution in [0.25, 0.3) is 0 Å². The third kappa shape index (κ3) is 2.55. The molecule has 0 bridgehead atoms. The molecular formula is C10H17NOS. The topological polar surface area (TPSA) is 20.3 Å². The number of hydrogen-bond acceptors (Lipinski definition) is 2. The summed E-state index contributed by atoms with van der Waals surface area (Å²) >= 11 is 0. The van der Waals surface area contributed by atoms with Crippen LogP contribution in [-0.4, -0.2) is 39.2 Å². The maximum atomic E-state index is 11.5. The molecule has 0 amide bonds. The van der Waals surface area contributed by atoms with Crippen LogP contribution in [0.3, 0.4) is 0 Å². The van der Waals surface area contributed by atoms with Crippen molar-refractivity contribution in [2.24, 2.45) is 0 Å². The maximum absolute atomic E-state index is 11.5. The molecule has 0 aromatic heterocycles. The summed E-state index contributed by atoms with van der Waals surface area (Å²) < 4.78 is 11.5. The summed E-state index contributed by atoms with van der Waals surface area (Å²) in [4.78, 5) is 2.31. The average molecular weight is 199 g/mol. The molecular weight excluding hydrogens is 182 g/mol. The molecule has 0 radical (unpaired) electrons. The monoisotopic (exact) mass is 199 g/mol. The van der Waals surface area contributed by atoms with Gasteiger partial charge in [0.05, 0.1) is 6.54 Å². The smallest absolute Gasteiger partial charge is 0.0604 e. The third-order valence-electron chi connectivity index (χ3n) is 2.71. The number of hydrogen-bond donors (Lipinski definition) is 0. The zero-order valence-electron chi connectivity index (χ0n) is 8.54. The predicted molar refractivity (Wildman–Crippen MR) is 57.0 cm³/mol. The lowest BCUT2D eigenvalue weighted by molar-refractivity contribution is 0.236. The summed E-state index contributed by atoms with van der Waals surface area (Å²) in [5.74, 6) is 6.76. The zero-order chi connectivity index (χ0) is 9.84. The second kappa shape index (κ2) is 4.78. The number of nitrogens with zero attached hydrogens (tertiary/aromatic N) is 1. The first-order valence-corrected chi connectivity index (χ1v) is 6.06. The van der Waals surface area contributed by atoms with Crippen LogP contribution in [0.1, 0.15) is 20.8 Å². The summed E-state index contributed by atoms with van der Waals surface area (Å²) in [7, 11) is -0.631. The van der Waals surface area contributed by atoms with Crippen LogP contribution in [0.5, 0.6) is 0 Å². The Kier molecular flexibility index (Phi) is 3.95. The highest BCUT2D eigenvalue weighted by Crippen LogP contribution is 2.15. The molecule has 1 rings (SSSR count). The van der Waals surface area contributed by atoms with E-state index >= 15 is 0 Å². The van der Waals surface area contributed by atoms with Crippen molar-refractivity contribution in [2.75, 3.05) is 18.8 Å². The molecule has 0 N–H and O–H groups in total. The molecule has 1 aliphatic rings. The van der Waals surface area contributed by atoms with Crippen molar-refractivity contribution >= 4 is 10.8 Å². The molecule has 1 fully saturated rings. The highest BCUT2D eigenvalue weighted by Gasteiger charge is 2.28. The normalized spacial score (nSPS) is 35.2. The standard InChI is InChI=1S/C10H17NOS/c1-4-5-6-11-7-8-13(12)10(3)9(11)2/h9-10H,6-8H2,1-3H3. The minimum Gasteiger partial charge on any atom is -0.288 e. The Bertz CT molecular complexity index is 253. The second-order valence-corrected chi connectivity index (χ2v) is 5.34. The fourth-order valence-corrected chi connectivity index (χ4v) is 2.91. The van der Waals surface area contributed by atoms with Gasteiger partial charge in [-0.15, -0.1) is 5.92 Å². The van der Waals surface area contributed by atoms with Gasteiger partial charge >= 0.3 is 0 Å². The highest BCUT2D eigenvalue weighted by atomic mass is 32.2. The van der Waals surface area contributed by atoms with Gasteiger partial charge in [0, 0.05) is 34.4 Å². The molecule has 0 saturated carbocycles. The molecule has 2 nitrogen and oxygen atoms in total. The van der Waals surface area contributed by atoms with E-state index in [1.165, 1.54) is 0 Å². The van der Waals surface area contributed by atoms with Crippen molar-refractivity contribution < 1.29 is 4.21 Å². The van der Waals surface area contributed by atoms with Crippen molar-refractivity contribution in [1.82, 2.24) is 4.90 Å². The molecule has 0 aromatic carbocycles. The largest absolute Gasteiger partial charge is 0.288 e. The Hall–Kier alpha value is -0.330. The van der Waals surface area contributed by atoms with Crippen LogP contribution >= 0.6 is 0 Å². The lowest BCUT2D eigenvalue weighted by atomic mass is 10.2. The molecule has 3 heteroatoms. The van der Waals surface area contributed by atoms with Crippen molar-refractivity contribution in [3.8, 4) is 11.8 Å². The van der Waals surface area contributed by atoms with Crippen LogP contribution in [-0.2, 0) is 10.8 Å². The first kappa shape index (κ1) is 10.7. The van der Waals surface area contributed by atoms with Crippen molar-refractivity contribution in [3.63, 3.8) is 0 Å². The SMILES string of the molecule is CC#CCN1CCS(=O)C(C)C1C. The lowest BCUT2D eigenvalue weighted by Gasteiger charge is -2.35. The van der Waals surface area contributed by atoms with Gasteiger partial charge in [0.25, 0.3) is 0 Å². The molecule has 0 aromatic rings. The molecule has 1 saturated heterocycles. The molecule has 74 valence electrons. The molecule has 3 atom stereocenters. The Morgan fingerprint density at radius 3 is 2.85 bits per heavy atom. The van der Waals surface area contributed by atoms with Gasteiger partial charge in [0.1, 0.15) is 0 Å². The molecule has 1 heterocycles. The molecule has 0 aliphatic carbocycles. The van der Waals surface area contributed by atoms with Crippen LogP contribution in [0.4, 0.5) is 0 Å². The summed E-state index contributed by atoms with van der Waals surface area (Å²) in [5.41, 5.74) is 0. The molecule has 3 unspecified atom stereocenters. The van der Waals surface area contributed by atoms with Crippen LogP contribution < -0.4 is 0 Å². The summed E-state index contributed by atoms with van der Waals surface area (Å²) in [6.07, 6.45) is 0. The van der Waals surface area contributed by atoms with Gasteiger partial charge in [-0.05, 0) is 20.8 Å². The predicted octanol–water partition coefficient (Wildman–Crippen LogP) is 0.851. The Morgan fingerprint density at radius 1 is 1.54 bits per heavy atom. The van der Waals surface area contributed by atoms with Gasteiger partial charge in [-0.3, -0.25) is 9.11 Å². The van der Waals surface area contributed by atoms with Gasteiger partial charge in [-0.2, -0.15) is 0 Å². The Balaban J connectivity index is 2.56. The second-order valence-electron chi connectivity index (χ2n) is 3.43. The minimum atomic E-state index is -0.631.